The van der Waals surface area contributed by atoms with Gasteiger partial charge in [0, 0.05) is 19.5 Å². The first-order valence-corrected chi connectivity index (χ1v) is 9.01. The number of rotatable bonds is 3. The van der Waals surface area contributed by atoms with Crippen LogP contribution in [0.4, 0.5) is 24.5 Å². The number of morpholine rings is 1. The molecule has 1 atom stereocenters. The molecule has 1 fully saturated rings. The zero-order chi connectivity index (χ0) is 19.7. The Morgan fingerprint density at radius 1 is 1.11 bits per heavy atom. The molecule has 1 unspecified atom stereocenters. The number of hydrogen-bond acceptors (Lipinski definition) is 4. The number of carbonyl (C=O) groups excluding carboxylic acids is 1. The summed E-state index contributed by atoms with van der Waals surface area (Å²) in [6, 6.07) is 10.7. The van der Waals surface area contributed by atoms with Gasteiger partial charge < -0.3 is 19.7 Å². The van der Waals surface area contributed by atoms with Crippen LogP contribution >= 0.6 is 0 Å². The Morgan fingerprint density at radius 3 is 2.57 bits per heavy atom. The molecule has 0 saturated carbocycles. The van der Waals surface area contributed by atoms with Crippen LogP contribution < -0.4 is 15.0 Å². The van der Waals surface area contributed by atoms with Crippen molar-refractivity contribution in [3.05, 3.63) is 53.6 Å². The van der Waals surface area contributed by atoms with Gasteiger partial charge in [0.2, 0.25) is 0 Å². The van der Waals surface area contributed by atoms with Crippen molar-refractivity contribution in [2.24, 2.45) is 0 Å². The number of carbonyl (C=O) groups is 1. The van der Waals surface area contributed by atoms with E-state index in [2.05, 4.69) is 5.32 Å². The van der Waals surface area contributed by atoms with Gasteiger partial charge in [-0.15, -0.1) is 0 Å². The van der Waals surface area contributed by atoms with E-state index in [9.17, 15) is 18.0 Å². The molecule has 28 heavy (non-hydrogen) atoms. The Hall–Kier alpha value is -2.74. The Morgan fingerprint density at radius 2 is 1.86 bits per heavy atom. The second-order valence-corrected chi connectivity index (χ2v) is 6.74. The van der Waals surface area contributed by atoms with Crippen molar-refractivity contribution in [1.29, 1.82) is 0 Å². The molecule has 2 aromatic carbocycles. The van der Waals surface area contributed by atoms with Crippen LogP contribution in [0.15, 0.2) is 42.5 Å². The number of amides is 1. The quantitative estimate of drug-likeness (QED) is 0.869. The first kappa shape index (κ1) is 18.6. The molecule has 1 amide bonds. The lowest BCUT2D eigenvalue weighted by molar-refractivity contribution is -0.137. The molecule has 0 spiro atoms. The van der Waals surface area contributed by atoms with Gasteiger partial charge in [-0.3, -0.25) is 4.79 Å². The third-order valence-electron chi connectivity index (χ3n) is 4.87. The number of nitrogens with zero attached hydrogens (tertiary/aromatic N) is 1. The summed E-state index contributed by atoms with van der Waals surface area (Å²) in [5, 5.41) is 2.65. The molecule has 2 aromatic rings. The lowest BCUT2D eigenvalue weighted by atomic mass is 10.1. The van der Waals surface area contributed by atoms with Crippen molar-refractivity contribution in [2.75, 3.05) is 36.5 Å². The largest absolute Gasteiger partial charge is 0.480 e. The van der Waals surface area contributed by atoms with Crippen LogP contribution in [0.3, 0.4) is 0 Å². The molecule has 8 heteroatoms. The highest BCUT2D eigenvalue weighted by Gasteiger charge is 2.33. The number of fused-ring (bicyclic) bond motifs is 1. The topological polar surface area (TPSA) is 50.8 Å². The number of nitrogens with one attached hydrogen (secondary N) is 1. The number of benzene rings is 2. The zero-order valence-corrected chi connectivity index (χ0v) is 15.0. The first-order chi connectivity index (χ1) is 13.4. The van der Waals surface area contributed by atoms with Crippen LogP contribution in [0.5, 0.6) is 5.75 Å². The van der Waals surface area contributed by atoms with Crippen LogP contribution in [0, 0.1) is 0 Å². The molecule has 2 heterocycles. The first-order valence-electron chi connectivity index (χ1n) is 9.01. The number of alkyl halides is 3. The van der Waals surface area contributed by atoms with Gasteiger partial charge in [0.05, 0.1) is 30.2 Å². The second kappa shape index (κ2) is 7.35. The molecule has 148 valence electrons. The lowest BCUT2D eigenvalue weighted by Crippen LogP contribution is -2.37. The average Bonchev–Trinajstić information content (AvgIpc) is 3.12. The third kappa shape index (κ3) is 3.77. The maximum atomic E-state index is 13.2. The van der Waals surface area contributed by atoms with Gasteiger partial charge in [-0.2, -0.15) is 13.2 Å². The summed E-state index contributed by atoms with van der Waals surface area (Å²) < 4.78 is 50.5. The summed E-state index contributed by atoms with van der Waals surface area (Å²) in [5.41, 5.74) is 0.761. The van der Waals surface area contributed by atoms with Gasteiger partial charge in [0.25, 0.3) is 5.91 Å². The molecular formula is C20H19F3N2O3. The highest BCUT2D eigenvalue weighted by molar-refractivity contribution is 5.98. The van der Waals surface area contributed by atoms with E-state index < -0.39 is 23.8 Å². The number of anilines is 2. The summed E-state index contributed by atoms with van der Waals surface area (Å²) in [5.74, 6) is 0.158. The summed E-state index contributed by atoms with van der Waals surface area (Å²) in [6.45, 7) is 2.05. The maximum absolute atomic E-state index is 13.2. The van der Waals surface area contributed by atoms with Crippen molar-refractivity contribution < 1.29 is 27.4 Å². The second-order valence-electron chi connectivity index (χ2n) is 6.74. The molecule has 1 saturated heterocycles. The molecule has 0 aromatic heterocycles. The standard InChI is InChI=1S/C20H19F3N2O3/c21-20(22,23)14-5-6-16(25-7-9-27-10-8-25)15(12-14)24-19(26)18-11-13-3-1-2-4-17(13)28-18/h1-6,12,18H,7-11H2,(H,24,26). The van der Waals surface area contributed by atoms with Crippen molar-refractivity contribution in [1.82, 2.24) is 0 Å². The maximum Gasteiger partial charge on any atom is 0.416 e. The molecule has 1 N–H and O–H groups in total. The predicted molar refractivity (Wildman–Crippen MR) is 97.7 cm³/mol. The fraction of sp³-hybridized carbons (Fsp3) is 0.350. The van der Waals surface area contributed by atoms with E-state index in [-0.39, 0.29) is 5.69 Å². The summed E-state index contributed by atoms with van der Waals surface area (Å²) in [4.78, 5) is 14.6. The van der Waals surface area contributed by atoms with E-state index in [0.29, 0.717) is 44.2 Å². The summed E-state index contributed by atoms with van der Waals surface area (Å²) in [7, 11) is 0. The van der Waals surface area contributed by atoms with Crippen molar-refractivity contribution >= 4 is 17.3 Å². The number of para-hydroxylation sites is 1. The van der Waals surface area contributed by atoms with Gasteiger partial charge in [-0.05, 0) is 29.8 Å². The van der Waals surface area contributed by atoms with E-state index in [1.165, 1.54) is 6.07 Å². The SMILES string of the molecule is O=C(Nc1cc(C(F)(F)F)ccc1N1CCOCC1)C1Cc2ccccc2O1. The average molecular weight is 392 g/mol. The molecule has 2 aliphatic heterocycles. The third-order valence-corrected chi connectivity index (χ3v) is 4.87. The van der Waals surface area contributed by atoms with Crippen LogP contribution in [0.2, 0.25) is 0 Å². The van der Waals surface area contributed by atoms with E-state index >= 15 is 0 Å². The van der Waals surface area contributed by atoms with Gasteiger partial charge in [0.1, 0.15) is 5.75 Å². The minimum Gasteiger partial charge on any atom is -0.480 e. The molecular weight excluding hydrogens is 373 g/mol. The Balaban J connectivity index is 1.59. The van der Waals surface area contributed by atoms with Gasteiger partial charge in [-0.1, -0.05) is 18.2 Å². The minimum atomic E-state index is -4.50. The normalized spacial score (nSPS) is 19.1. The molecule has 0 radical (unpaired) electrons. The lowest BCUT2D eigenvalue weighted by Gasteiger charge is -2.31. The molecule has 0 aliphatic carbocycles. The van der Waals surface area contributed by atoms with E-state index in [1.54, 1.807) is 6.07 Å². The fourth-order valence-corrected chi connectivity index (χ4v) is 3.43. The molecule has 5 nitrogen and oxygen atoms in total. The van der Waals surface area contributed by atoms with Crippen LogP contribution in [0.25, 0.3) is 0 Å². The van der Waals surface area contributed by atoms with Crippen LogP contribution in [-0.2, 0) is 22.1 Å². The minimum absolute atomic E-state index is 0.126. The van der Waals surface area contributed by atoms with Crippen LogP contribution in [-0.4, -0.2) is 38.3 Å². The van der Waals surface area contributed by atoms with E-state index in [0.717, 1.165) is 17.7 Å². The molecule has 0 bridgehead atoms. The van der Waals surface area contributed by atoms with Crippen molar-refractivity contribution in [2.45, 2.75) is 18.7 Å². The number of halogens is 3. The molecule has 2 aliphatic rings. The van der Waals surface area contributed by atoms with E-state index in [1.807, 2.05) is 23.1 Å². The smallest absolute Gasteiger partial charge is 0.416 e. The number of ether oxygens (including phenoxy) is 2. The number of hydrogen-bond donors (Lipinski definition) is 1. The highest BCUT2D eigenvalue weighted by atomic mass is 19.4. The van der Waals surface area contributed by atoms with Crippen molar-refractivity contribution in [3.63, 3.8) is 0 Å². The summed E-state index contributed by atoms with van der Waals surface area (Å²) in [6.07, 6.45) is -4.89. The van der Waals surface area contributed by atoms with Gasteiger partial charge in [0.15, 0.2) is 6.10 Å². The molecule has 4 rings (SSSR count). The van der Waals surface area contributed by atoms with Gasteiger partial charge >= 0.3 is 6.18 Å². The zero-order valence-electron chi connectivity index (χ0n) is 15.0. The van der Waals surface area contributed by atoms with Crippen molar-refractivity contribution in [3.8, 4) is 5.75 Å². The fourth-order valence-electron chi connectivity index (χ4n) is 3.43. The Bertz CT molecular complexity index is 854. The van der Waals surface area contributed by atoms with Crippen LogP contribution in [0.1, 0.15) is 11.1 Å². The Labute approximate surface area is 160 Å². The van der Waals surface area contributed by atoms with E-state index in [4.69, 9.17) is 9.47 Å². The monoisotopic (exact) mass is 392 g/mol. The Kier molecular flexibility index (Phi) is 4.89. The highest BCUT2D eigenvalue weighted by Crippen LogP contribution is 2.36. The predicted octanol–water partition coefficient (Wildman–Crippen LogP) is 3.48. The summed E-state index contributed by atoms with van der Waals surface area (Å²) >= 11 is 0. The van der Waals surface area contributed by atoms with Gasteiger partial charge in [-0.25, -0.2) is 0 Å².